The molecule has 5 nitrogen and oxygen atoms in total. The summed E-state index contributed by atoms with van der Waals surface area (Å²) >= 11 is 1.53. The second kappa shape index (κ2) is 9.31. The molecule has 3 aromatic rings. The van der Waals surface area contributed by atoms with E-state index in [4.69, 9.17) is 0 Å². The highest BCUT2D eigenvalue weighted by atomic mass is 32.1. The van der Waals surface area contributed by atoms with Crippen molar-refractivity contribution in [3.05, 3.63) is 81.8 Å². The smallest absolute Gasteiger partial charge is 0.275 e. The zero-order chi connectivity index (χ0) is 20.1. The van der Waals surface area contributed by atoms with Gasteiger partial charge in [0.15, 0.2) is 0 Å². The molecule has 1 saturated heterocycles. The third kappa shape index (κ3) is 5.50. The normalized spacial score (nSPS) is 15.3. The summed E-state index contributed by atoms with van der Waals surface area (Å²) in [6.07, 6.45) is 0.749. The Morgan fingerprint density at radius 2 is 1.79 bits per heavy atom. The minimum Gasteiger partial charge on any atom is -0.321 e. The molecule has 0 saturated carbocycles. The topological polar surface area (TPSA) is 48.5 Å². The summed E-state index contributed by atoms with van der Waals surface area (Å²) in [4.78, 5) is 22.0. The van der Waals surface area contributed by atoms with Gasteiger partial charge in [-0.3, -0.25) is 9.69 Å². The minimum absolute atomic E-state index is 0.155. The largest absolute Gasteiger partial charge is 0.321 e. The third-order valence-corrected chi connectivity index (χ3v) is 6.02. The number of carbonyl (C=O) groups excluding carboxylic acids is 1. The van der Waals surface area contributed by atoms with Crippen LogP contribution >= 0.6 is 11.3 Å². The van der Waals surface area contributed by atoms with Crippen LogP contribution < -0.4 is 5.32 Å². The van der Waals surface area contributed by atoms with Crippen LogP contribution in [-0.4, -0.2) is 53.9 Å². The second-order valence-corrected chi connectivity index (χ2v) is 8.47. The average Bonchev–Trinajstić information content (AvgIpc) is 3.19. The fraction of sp³-hybridized carbons (Fsp3) is 0.304. The number of carbonyl (C=O) groups is 1. The van der Waals surface area contributed by atoms with E-state index < -0.39 is 0 Å². The lowest BCUT2D eigenvalue weighted by Crippen LogP contribution is -2.43. The van der Waals surface area contributed by atoms with E-state index >= 15 is 0 Å². The molecule has 1 N–H and O–H groups in total. The van der Waals surface area contributed by atoms with Gasteiger partial charge in [-0.05, 0) is 30.3 Å². The number of hydrogen-bond donors (Lipinski definition) is 1. The molecule has 2 aromatic carbocycles. The van der Waals surface area contributed by atoms with E-state index in [0.717, 1.165) is 49.8 Å². The fourth-order valence-electron chi connectivity index (χ4n) is 3.47. The summed E-state index contributed by atoms with van der Waals surface area (Å²) in [5.41, 5.74) is 3.71. The second-order valence-electron chi connectivity index (χ2n) is 7.52. The lowest BCUT2D eigenvalue weighted by Gasteiger charge is -2.32. The summed E-state index contributed by atoms with van der Waals surface area (Å²) in [7, 11) is 2.16. The minimum atomic E-state index is -0.155. The number of benzene rings is 2. The van der Waals surface area contributed by atoms with Crippen LogP contribution in [-0.2, 0) is 13.0 Å². The van der Waals surface area contributed by atoms with Crippen LogP contribution in [0.2, 0.25) is 0 Å². The van der Waals surface area contributed by atoms with E-state index in [1.54, 1.807) is 0 Å². The highest BCUT2D eigenvalue weighted by molar-refractivity contribution is 7.09. The summed E-state index contributed by atoms with van der Waals surface area (Å²) in [6, 6.07) is 18.3. The van der Waals surface area contributed by atoms with Crippen molar-refractivity contribution in [3.63, 3.8) is 0 Å². The Balaban J connectivity index is 1.36. The Kier molecular flexibility index (Phi) is 6.34. The van der Waals surface area contributed by atoms with Gasteiger partial charge in [0.1, 0.15) is 5.69 Å². The number of thiazole rings is 1. The van der Waals surface area contributed by atoms with Gasteiger partial charge in [-0.15, -0.1) is 11.3 Å². The molecule has 0 spiro atoms. The highest BCUT2D eigenvalue weighted by Crippen LogP contribution is 2.18. The van der Waals surface area contributed by atoms with Gasteiger partial charge < -0.3 is 10.2 Å². The van der Waals surface area contributed by atoms with E-state index in [2.05, 4.69) is 51.4 Å². The Labute approximate surface area is 176 Å². The van der Waals surface area contributed by atoms with Gasteiger partial charge in [0.25, 0.3) is 5.91 Å². The van der Waals surface area contributed by atoms with Crippen molar-refractivity contribution < 1.29 is 4.79 Å². The quantitative estimate of drug-likeness (QED) is 0.678. The van der Waals surface area contributed by atoms with Crippen molar-refractivity contribution >= 4 is 22.9 Å². The van der Waals surface area contributed by atoms with Gasteiger partial charge in [-0.1, -0.05) is 42.5 Å². The van der Waals surface area contributed by atoms with Gasteiger partial charge in [-0.2, -0.15) is 0 Å². The molecule has 1 aromatic heterocycles. The molecule has 0 aliphatic carbocycles. The number of hydrogen-bond acceptors (Lipinski definition) is 5. The Morgan fingerprint density at radius 3 is 2.59 bits per heavy atom. The van der Waals surface area contributed by atoms with Crippen molar-refractivity contribution in [1.82, 2.24) is 14.8 Å². The lowest BCUT2D eigenvalue weighted by atomic mass is 10.1. The lowest BCUT2D eigenvalue weighted by molar-refractivity contribution is 0.102. The zero-order valence-corrected chi connectivity index (χ0v) is 17.5. The maximum absolute atomic E-state index is 12.6. The van der Waals surface area contributed by atoms with E-state index in [9.17, 15) is 4.79 Å². The van der Waals surface area contributed by atoms with Crippen LogP contribution in [0.25, 0.3) is 0 Å². The maximum atomic E-state index is 12.6. The molecule has 1 aliphatic rings. The van der Waals surface area contributed by atoms with Crippen molar-refractivity contribution in [3.8, 4) is 0 Å². The van der Waals surface area contributed by atoms with Crippen LogP contribution in [0.4, 0.5) is 5.69 Å². The summed E-state index contributed by atoms with van der Waals surface area (Å²) < 4.78 is 0. The molecule has 0 radical (unpaired) electrons. The first-order valence-corrected chi connectivity index (χ1v) is 10.8. The molecule has 1 amide bonds. The average molecular weight is 407 g/mol. The molecule has 0 bridgehead atoms. The molecule has 6 heteroatoms. The number of aromatic nitrogens is 1. The van der Waals surface area contributed by atoms with Crippen LogP contribution in [0.15, 0.2) is 60.0 Å². The third-order valence-electron chi connectivity index (χ3n) is 5.17. The van der Waals surface area contributed by atoms with Crippen molar-refractivity contribution in [2.75, 3.05) is 38.5 Å². The van der Waals surface area contributed by atoms with E-state index in [1.807, 2.05) is 35.7 Å². The van der Waals surface area contributed by atoms with Gasteiger partial charge in [-0.25, -0.2) is 4.98 Å². The maximum Gasteiger partial charge on any atom is 0.275 e. The number of piperazine rings is 1. The first kappa shape index (κ1) is 19.8. The number of nitrogens with one attached hydrogen (secondary N) is 1. The van der Waals surface area contributed by atoms with Crippen LogP contribution in [0.1, 0.15) is 26.6 Å². The first-order chi connectivity index (χ1) is 14.2. The monoisotopic (exact) mass is 406 g/mol. The number of amides is 1. The van der Waals surface area contributed by atoms with E-state index in [1.165, 1.54) is 22.5 Å². The SMILES string of the molecule is CN1CCN(Cc2cccc(NC(=O)c3csc(Cc4ccccc4)n3)c2)CC1. The number of nitrogens with zero attached hydrogens (tertiary/aromatic N) is 3. The Bertz CT molecular complexity index is 948. The van der Waals surface area contributed by atoms with Gasteiger partial charge in [0, 0.05) is 50.2 Å². The molecular weight excluding hydrogens is 380 g/mol. The molecule has 1 aliphatic heterocycles. The predicted molar refractivity (Wildman–Crippen MR) is 119 cm³/mol. The molecule has 150 valence electrons. The van der Waals surface area contributed by atoms with Crippen LogP contribution in [0, 0.1) is 0 Å². The molecule has 0 atom stereocenters. The van der Waals surface area contributed by atoms with E-state index in [-0.39, 0.29) is 5.91 Å². The number of anilines is 1. The van der Waals surface area contributed by atoms with Gasteiger partial charge >= 0.3 is 0 Å². The molecular formula is C23H26N4OS. The Hall–Kier alpha value is -2.54. The van der Waals surface area contributed by atoms with E-state index in [0.29, 0.717) is 5.69 Å². The van der Waals surface area contributed by atoms with Crippen molar-refractivity contribution in [2.24, 2.45) is 0 Å². The molecule has 0 unspecified atom stereocenters. The summed E-state index contributed by atoms with van der Waals surface area (Å²) in [5.74, 6) is -0.155. The predicted octanol–water partition coefficient (Wildman–Crippen LogP) is 3.73. The van der Waals surface area contributed by atoms with Crippen LogP contribution in [0.3, 0.4) is 0 Å². The first-order valence-electron chi connectivity index (χ1n) is 9.95. The van der Waals surface area contributed by atoms with Gasteiger partial charge in [0.2, 0.25) is 0 Å². The van der Waals surface area contributed by atoms with Crippen molar-refractivity contribution in [1.29, 1.82) is 0 Å². The van der Waals surface area contributed by atoms with Crippen molar-refractivity contribution in [2.45, 2.75) is 13.0 Å². The Morgan fingerprint density at radius 1 is 1.03 bits per heavy atom. The molecule has 4 rings (SSSR count). The standard InChI is InChI=1S/C23H26N4OS/c1-26-10-12-27(13-11-26)16-19-8-5-9-20(14-19)24-23(28)21-17-29-22(25-21)15-18-6-3-2-4-7-18/h2-9,14,17H,10-13,15-16H2,1H3,(H,24,28). The molecule has 29 heavy (non-hydrogen) atoms. The van der Waals surface area contributed by atoms with Crippen LogP contribution in [0.5, 0.6) is 0 Å². The number of likely N-dealkylation sites (N-methyl/N-ethyl adjacent to an activating group) is 1. The number of rotatable bonds is 6. The van der Waals surface area contributed by atoms with Gasteiger partial charge in [0.05, 0.1) is 5.01 Å². The molecule has 1 fully saturated rings. The fourth-order valence-corrected chi connectivity index (χ4v) is 4.28. The zero-order valence-electron chi connectivity index (χ0n) is 16.7. The highest BCUT2D eigenvalue weighted by Gasteiger charge is 2.15. The molecule has 2 heterocycles. The summed E-state index contributed by atoms with van der Waals surface area (Å²) in [5, 5.41) is 5.78. The summed E-state index contributed by atoms with van der Waals surface area (Å²) in [6.45, 7) is 5.28.